The fourth-order valence-corrected chi connectivity index (χ4v) is 5.26. The van der Waals surface area contributed by atoms with Gasteiger partial charge in [-0.25, -0.2) is 4.79 Å². The molecule has 0 amide bonds. The number of rotatable bonds is 4. The lowest BCUT2D eigenvalue weighted by Gasteiger charge is -2.38. The van der Waals surface area contributed by atoms with E-state index in [0.717, 1.165) is 57.6 Å². The zero-order valence-electron chi connectivity index (χ0n) is 19.7. The first-order valence-corrected chi connectivity index (χ1v) is 11.9. The Balaban J connectivity index is 1.60. The second-order valence-electron chi connectivity index (χ2n) is 9.66. The van der Waals surface area contributed by atoms with Crippen LogP contribution in [0.25, 0.3) is 10.8 Å². The molecular formula is C30H27NO3. The van der Waals surface area contributed by atoms with Crippen LogP contribution in [0.2, 0.25) is 0 Å². The van der Waals surface area contributed by atoms with Gasteiger partial charge in [-0.1, -0.05) is 62.4 Å². The Morgan fingerprint density at radius 2 is 1.68 bits per heavy atom. The number of nitrogens with zero attached hydrogens (tertiary/aromatic N) is 1. The van der Waals surface area contributed by atoms with Gasteiger partial charge in [-0.05, 0) is 47.4 Å². The van der Waals surface area contributed by atoms with Gasteiger partial charge >= 0.3 is 5.97 Å². The van der Waals surface area contributed by atoms with E-state index in [0.29, 0.717) is 11.5 Å². The minimum Gasteiger partial charge on any atom is -0.456 e. The minimum atomic E-state index is -1.05. The molecule has 4 aromatic carbocycles. The topological polar surface area (TPSA) is 38.8 Å². The second-order valence-corrected chi connectivity index (χ2v) is 9.66. The quantitative estimate of drug-likeness (QED) is 0.318. The van der Waals surface area contributed by atoms with Gasteiger partial charge in [0.2, 0.25) is 0 Å². The maximum Gasteiger partial charge on any atom is 0.340 e. The molecule has 2 heterocycles. The molecule has 0 bridgehead atoms. The molecule has 2 aliphatic heterocycles. The number of carbonyl (C=O) groups excluding carboxylic acids is 1. The van der Waals surface area contributed by atoms with Crippen molar-refractivity contribution in [1.82, 2.24) is 0 Å². The van der Waals surface area contributed by atoms with E-state index in [9.17, 15) is 4.79 Å². The minimum absolute atomic E-state index is 0.305. The van der Waals surface area contributed by atoms with Gasteiger partial charge < -0.3 is 14.4 Å². The normalized spacial score (nSPS) is 17.8. The average molecular weight is 450 g/mol. The molecule has 0 radical (unpaired) electrons. The molecule has 0 aromatic heterocycles. The number of hydrogen-bond acceptors (Lipinski definition) is 4. The molecule has 0 aliphatic carbocycles. The van der Waals surface area contributed by atoms with Crippen molar-refractivity contribution >= 4 is 22.4 Å². The molecule has 0 saturated heterocycles. The van der Waals surface area contributed by atoms with Crippen molar-refractivity contribution in [3.05, 3.63) is 101 Å². The summed E-state index contributed by atoms with van der Waals surface area (Å²) in [6.07, 6.45) is 1.11. The Hall–Kier alpha value is -3.79. The lowest BCUT2D eigenvalue weighted by molar-refractivity contribution is 0.0229. The SMILES string of the molecule is CC(C)CCN(C)c1ccc2c(c1)Oc1ccc3ccccc3c1C21OC(=O)c2ccccc21. The van der Waals surface area contributed by atoms with E-state index in [2.05, 4.69) is 62.2 Å². The predicted octanol–water partition coefficient (Wildman–Crippen LogP) is 6.89. The summed E-state index contributed by atoms with van der Waals surface area (Å²) in [5, 5.41) is 2.10. The first-order chi connectivity index (χ1) is 16.5. The first kappa shape index (κ1) is 20.8. The van der Waals surface area contributed by atoms with Crippen LogP contribution in [0.3, 0.4) is 0 Å². The summed E-state index contributed by atoms with van der Waals surface area (Å²) < 4.78 is 12.9. The molecule has 4 aromatic rings. The fraction of sp³-hybridized carbons (Fsp3) is 0.233. The maximum absolute atomic E-state index is 13.1. The van der Waals surface area contributed by atoms with Gasteiger partial charge in [-0.15, -0.1) is 0 Å². The van der Waals surface area contributed by atoms with Crippen molar-refractivity contribution in [1.29, 1.82) is 0 Å². The van der Waals surface area contributed by atoms with E-state index >= 15 is 0 Å². The smallest absolute Gasteiger partial charge is 0.340 e. The summed E-state index contributed by atoms with van der Waals surface area (Å²) in [6, 6.07) is 26.2. The molecule has 1 spiro atoms. The summed E-state index contributed by atoms with van der Waals surface area (Å²) in [6.45, 7) is 5.43. The lowest BCUT2D eigenvalue weighted by atomic mass is 9.76. The molecule has 0 N–H and O–H groups in total. The van der Waals surface area contributed by atoms with Crippen molar-refractivity contribution < 1.29 is 14.3 Å². The predicted molar refractivity (Wildman–Crippen MR) is 135 cm³/mol. The number of fused-ring (bicyclic) bond motifs is 8. The fourth-order valence-electron chi connectivity index (χ4n) is 5.26. The zero-order valence-corrected chi connectivity index (χ0v) is 19.7. The van der Waals surface area contributed by atoms with Crippen molar-refractivity contribution in [2.75, 3.05) is 18.5 Å². The third kappa shape index (κ3) is 2.95. The highest BCUT2D eigenvalue weighted by Gasteiger charge is 2.54. The van der Waals surface area contributed by atoms with E-state index in [1.54, 1.807) is 0 Å². The molecule has 0 saturated carbocycles. The molecule has 1 atom stereocenters. The maximum atomic E-state index is 13.1. The van der Waals surface area contributed by atoms with Crippen LogP contribution in [-0.2, 0) is 10.3 Å². The molecule has 0 fully saturated rings. The lowest BCUT2D eigenvalue weighted by Crippen LogP contribution is -2.33. The van der Waals surface area contributed by atoms with Gasteiger partial charge in [0.05, 0.1) is 11.1 Å². The van der Waals surface area contributed by atoms with Crippen LogP contribution in [-0.4, -0.2) is 19.6 Å². The highest BCUT2D eigenvalue weighted by Crippen LogP contribution is 2.58. The molecule has 2 aliphatic rings. The Morgan fingerprint density at radius 1 is 0.882 bits per heavy atom. The zero-order chi connectivity index (χ0) is 23.4. The van der Waals surface area contributed by atoms with Gasteiger partial charge in [-0.3, -0.25) is 0 Å². The van der Waals surface area contributed by atoms with Crippen molar-refractivity contribution in [2.45, 2.75) is 25.9 Å². The largest absolute Gasteiger partial charge is 0.456 e. The number of ether oxygens (including phenoxy) is 2. The third-order valence-electron chi connectivity index (χ3n) is 7.06. The summed E-state index contributed by atoms with van der Waals surface area (Å²) in [5.41, 5.74) is 3.24. The molecule has 4 nitrogen and oxygen atoms in total. The van der Waals surface area contributed by atoms with Gasteiger partial charge in [0, 0.05) is 36.5 Å². The van der Waals surface area contributed by atoms with Gasteiger partial charge in [0.25, 0.3) is 0 Å². The standard InChI is InChI=1S/C30H27NO3/c1-19(2)16-17-31(3)21-13-14-25-27(18-21)33-26-15-12-20-8-4-5-9-22(20)28(26)30(25)24-11-7-6-10-23(24)29(32)34-30/h4-15,18-19H,16-17H2,1-3H3. The van der Waals surface area contributed by atoms with Gasteiger partial charge in [-0.2, -0.15) is 0 Å². The highest BCUT2D eigenvalue weighted by molar-refractivity contribution is 6.00. The molecule has 6 rings (SSSR count). The summed E-state index contributed by atoms with van der Waals surface area (Å²) in [7, 11) is 2.11. The van der Waals surface area contributed by atoms with Crippen LogP contribution >= 0.6 is 0 Å². The Morgan fingerprint density at radius 3 is 2.53 bits per heavy atom. The summed E-state index contributed by atoms with van der Waals surface area (Å²) >= 11 is 0. The summed E-state index contributed by atoms with van der Waals surface area (Å²) in [4.78, 5) is 15.4. The first-order valence-electron chi connectivity index (χ1n) is 11.9. The second kappa shape index (κ2) is 7.63. The highest BCUT2D eigenvalue weighted by atomic mass is 16.6. The van der Waals surface area contributed by atoms with Crippen LogP contribution in [0.4, 0.5) is 5.69 Å². The monoisotopic (exact) mass is 449 g/mol. The van der Waals surface area contributed by atoms with Crippen LogP contribution in [0.1, 0.15) is 47.3 Å². The van der Waals surface area contributed by atoms with E-state index in [-0.39, 0.29) is 5.97 Å². The third-order valence-corrected chi connectivity index (χ3v) is 7.06. The number of hydrogen-bond donors (Lipinski definition) is 0. The average Bonchev–Trinajstić information content (AvgIpc) is 3.14. The van der Waals surface area contributed by atoms with Crippen LogP contribution in [0.15, 0.2) is 78.9 Å². The molecule has 4 heteroatoms. The van der Waals surface area contributed by atoms with E-state index in [1.165, 1.54) is 0 Å². The van der Waals surface area contributed by atoms with E-state index in [4.69, 9.17) is 9.47 Å². The Kier molecular flexibility index (Phi) is 4.66. The van der Waals surface area contributed by atoms with Crippen LogP contribution < -0.4 is 9.64 Å². The van der Waals surface area contributed by atoms with Crippen LogP contribution in [0, 0.1) is 5.92 Å². The van der Waals surface area contributed by atoms with Gasteiger partial charge in [0.1, 0.15) is 11.5 Å². The van der Waals surface area contributed by atoms with Crippen LogP contribution in [0.5, 0.6) is 11.5 Å². The molecule has 1 unspecified atom stereocenters. The van der Waals surface area contributed by atoms with Crippen molar-refractivity contribution in [3.8, 4) is 11.5 Å². The van der Waals surface area contributed by atoms with Crippen molar-refractivity contribution in [3.63, 3.8) is 0 Å². The van der Waals surface area contributed by atoms with E-state index < -0.39 is 5.60 Å². The number of carbonyl (C=O) groups is 1. The Bertz CT molecular complexity index is 1440. The van der Waals surface area contributed by atoms with Crippen molar-refractivity contribution in [2.24, 2.45) is 5.92 Å². The molecule has 34 heavy (non-hydrogen) atoms. The number of benzene rings is 4. The number of anilines is 1. The molecular weight excluding hydrogens is 422 g/mol. The molecule has 170 valence electrons. The van der Waals surface area contributed by atoms with Gasteiger partial charge in [0.15, 0.2) is 5.60 Å². The van der Waals surface area contributed by atoms with E-state index in [1.807, 2.05) is 42.5 Å². The summed E-state index contributed by atoms with van der Waals surface area (Å²) in [5.74, 6) is 1.77. The Labute approximate surface area is 199 Å². The number of esters is 1.